The molecular weight excluding hydrogens is 225 g/mol. The third-order valence-corrected chi connectivity index (χ3v) is 2.09. The van der Waals surface area contributed by atoms with Crippen LogP contribution in [0.4, 0.5) is 5.82 Å². The van der Waals surface area contributed by atoms with E-state index in [1.54, 1.807) is 18.3 Å². The van der Waals surface area contributed by atoms with Gasteiger partial charge in [-0.25, -0.2) is 4.98 Å². The Morgan fingerprint density at radius 1 is 1.29 bits per heavy atom. The largest absolute Gasteiger partial charge is 0.380 e. The Bertz CT molecular complexity index is 447. The van der Waals surface area contributed by atoms with E-state index >= 15 is 0 Å². The molecule has 2 rings (SSSR count). The number of halogens is 2. The monoisotopic (exact) mass is 229 g/mol. The highest BCUT2D eigenvalue weighted by Gasteiger charge is 2.09. The molecule has 0 aliphatic rings. The number of hydrogen-bond donors (Lipinski definition) is 1. The van der Waals surface area contributed by atoms with E-state index in [0.717, 1.165) is 0 Å². The second kappa shape index (κ2) is 3.43. The maximum atomic E-state index is 5.87. The van der Waals surface area contributed by atoms with Crippen molar-refractivity contribution in [2.24, 2.45) is 0 Å². The van der Waals surface area contributed by atoms with Crippen LogP contribution in [0.1, 0.15) is 0 Å². The third kappa shape index (κ3) is 1.51. The highest BCUT2D eigenvalue weighted by Crippen LogP contribution is 2.18. The number of anilines is 1. The number of nitrogens with zero attached hydrogens (tertiary/aromatic N) is 4. The average molecular weight is 230 g/mol. The lowest BCUT2D eigenvalue weighted by Gasteiger charge is -1.98. The molecule has 0 atom stereocenters. The minimum Gasteiger partial charge on any atom is -0.380 e. The molecule has 2 N–H and O–H groups in total. The topological polar surface area (TPSA) is 69.6 Å². The van der Waals surface area contributed by atoms with Crippen LogP contribution in [0, 0.1) is 0 Å². The number of hydrogen-bond acceptors (Lipinski definition) is 4. The summed E-state index contributed by atoms with van der Waals surface area (Å²) in [6, 6.07) is 3.39. The summed E-state index contributed by atoms with van der Waals surface area (Å²) in [7, 11) is 0. The molecule has 0 aromatic carbocycles. The van der Waals surface area contributed by atoms with E-state index in [2.05, 4.69) is 15.2 Å². The first-order valence-electron chi connectivity index (χ1n) is 3.67. The number of pyridine rings is 1. The van der Waals surface area contributed by atoms with Gasteiger partial charge in [0, 0.05) is 6.20 Å². The van der Waals surface area contributed by atoms with Crippen molar-refractivity contribution in [2.45, 2.75) is 0 Å². The predicted octanol–water partition coefficient (Wildman–Crippen LogP) is 1.55. The van der Waals surface area contributed by atoms with Gasteiger partial charge < -0.3 is 5.73 Å². The molecule has 0 spiro atoms. The Labute approximate surface area is 89.4 Å². The van der Waals surface area contributed by atoms with Crippen molar-refractivity contribution < 1.29 is 0 Å². The van der Waals surface area contributed by atoms with Crippen LogP contribution in [0.25, 0.3) is 5.82 Å². The van der Waals surface area contributed by atoms with E-state index in [-0.39, 0.29) is 11.0 Å². The number of aromatic nitrogens is 4. The van der Waals surface area contributed by atoms with E-state index in [1.165, 1.54) is 4.80 Å². The van der Waals surface area contributed by atoms with Crippen molar-refractivity contribution in [3.05, 3.63) is 28.5 Å². The summed E-state index contributed by atoms with van der Waals surface area (Å²) >= 11 is 11.5. The van der Waals surface area contributed by atoms with Crippen molar-refractivity contribution in [3.63, 3.8) is 0 Å². The minimum absolute atomic E-state index is 0.131. The lowest BCUT2D eigenvalue weighted by Crippen LogP contribution is -2.02. The first-order valence-corrected chi connectivity index (χ1v) is 4.43. The molecule has 2 aromatic heterocycles. The Balaban J connectivity index is 2.55. The Morgan fingerprint density at radius 3 is 2.64 bits per heavy atom. The van der Waals surface area contributed by atoms with E-state index in [4.69, 9.17) is 28.9 Å². The highest BCUT2D eigenvalue weighted by atomic mass is 35.5. The van der Waals surface area contributed by atoms with Gasteiger partial charge in [0.2, 0.25) is 0 Å². The van der Waals surface area contributed by atoms with Gasteiger partial charge in [0.1, 0.15) is 0 Å². The molecule has 14 heavy (non-hydrogen) atoms. The van der Waals surface area contributed by atoms with Crippen molar-refractivity contribution >= 4 is 29.0 Å². The number of nitrogen functional groups attached to an aromatic ring is 1. The molecule has 0 saturated carbocycles. The molecule has 2 heterocycles. The van der Waals surface area contributed by atoms with Crippen LogP contribution in [-0.2, 0) is 0 Å². The number of rotatable bonds is 1. The van der Waals surface area contributed by atoms with Gasteiger partial charge in [-0.2, -0.15) is 0 Å². The lowest BCUT2D eigenvalue weighted by molar-refractivity contribution is 0.732. The van der Waals surface area contributed by atoms with Crippen LogP contribution in [0.15, 0.2) is 18.3 Å². The molecule has 0 fully saturated rings. The van der Waals surface area contributed by atoms with Crippen LogP contribution in [0.3, 0.4) is 0 Å². The fourth-order valence-electron chi connectivity index (χ4n) is 0.919. The molecular formula is C7H5Cl2N5. The quantitative estimate of drug-likeness (QED) is 0.806. The zero-order valence-electron chi connectivity index (χ0n) is 6.85. The molecule has 0 bridgehead atoms. The van der Waals surface area contributed by atoms with Gasteiger partial charge in [-0.05, 0) is 12.1 Å². The molecule has 2 aromatic rings. The Morgan fingerprint density at radius 2 is 2.07 bits per heavy atom. The molecule has 0 amide bonds. The Hall–Kier alpha value is -1.33. The summed E-state index contributed by atoms with van der Waals surface area (Å²) in [6.45, 7) is 0. The molecule has 0 radical (unpaired) electrons. The SMILES string of the molecule is Nc1nn(-c2ncccc2Cl)nc1Cl. The molecule has 0 unspecified atom stereocenters. The second-order valence-corrected chi connectivity index (χ2v) is 3.24. The molecule has 0 aliphatic heterocycles. The minimum atomic E-state index is 0.131. The van der Waals surface area contributed by atoms with Crippen LogP contribution in [0.5, 0.6) is 0 Å². The van der Waals surface area contributed by atoms with E-state index < -0.39 is 0 Å². The average Bonchev–Trinajstić information content (AvgIpc) is 2.48. The van der Waals surface area contributed by atoms with Crippen LogP contribution < -0.4 is 5.73 Å². The van der Waals surface area contributed by atoms with Gasteiger partial charge in [-0.3, -0.25) is 0 Å². The molecule has 0 aliphatic carbocycles. The van der Waals surface area contributed by atoms with Crippen LogP contribution in [-0.4, -0.2) is 20.0 Å². The first kappa shape index (κ1) is 9.23. The smallest absolute Gasteiger partial charge is 0.195 e. The van der Waals surface area contributed by atoms with Crippen molar-refractivity contribution in [2.75, 3.05) is 5.73 Å². The summed E-state index contributed by atoms with van der Waals surface area (Å²) in [5, 5.41) is 8.25. The van der Waals surface area contributed by atoms with Crippen LogP contribution >= 0.6 is 23.2 Å². The molecule has 7 heteroatoms. The fraction of sp³-hybridized carbons (Fsp3) is 0. The van der Waals surface area contributed by atoms with Crippen molar-refractivity contribution in [1.82, 2.24) is 20.0 Å². The van der Waals surface area contributed by atoms with Gasteiger partial charge in [-0.1, -0.05) is 23.2 Å². The summed E-state index contributed by atoms with van der Waals surface area (Å²) < 4.78 is 0. The highest BCUT2D eigenvalue weighted by molar-refractivity contribution is 6.32. The molecule has 72 valence electrons. The van der Waals surface area contributed by atoms with Gasteiger partial charge in [0.15, 0.2) is 16.8 Å². The molecule has 5 nitrogen and oxygen atoms in total. The van der Waals surface area contributed by atoms with Gasteiger partial charge in [-0.15, -0.1) is 15.0 Å². The maximum Gasteiger partial charge on any atom is 0.195 e. The molecule has 0 saturated heterocycles. The van der Waals surface area contributed by atoms with Gasteiger partial charge in [0.05, 0.1) is 5.02 Å². The fourth-order valence-corrected chi connectivity index (χ4v) is 1.23. The lowest BCUT2D eigenvalue weighted by atomic mass is 10.5. The summed E-state index contributed by atoms with van der Waals surface area (Å²) in [6.07, 6.45) is 1.58. The standard InChI is InChI=1S/C7H5Cl2N5/c8-4-2-1-3-11-7(4)14-12-5(9)6(10)13-14/h1-3H,(H2,10,13). The van der Waals surface area contributed by atoms with Crippen LogP contribution in [0.2, 0.25) is 10.2 Å². The van der Waals surface area contributed by atoms with E-state index in [0.29, 0.717) is 10.8 Å². The maximum absolute atomic E-state index is 5.87. The second-order valence-electron chi connectivity index (χ2n) is 2.47. The van der Waals surface area contributed by atoms with E-state index in [1.807, 2.05) is 0 Å². The zero-order chi connectivity index (χ0) is 10.1. The van der Waals surface area contributed by atoms with Crippen molar-refractivity contribution in [3.8, 4) is 5.82 Å². The predicted molar refractivity (Wildman–Crippen MR) is 53.6 cm³/mol. The van der Waals surface area contributed by atoms with E-state index in [9.17, 15) is 0 Å². The number of nitrogens with two attached hydrogens (primary N) is 1. The summed E-state index contributed by atoms with van der Waals surface area (Å²) in [5.41, 5.74) is 5.43. The van der Waals surface area contributed by atoms with Gasteiger partial charge in [0.25, 0.3) is 0 Å². The first-order chi connectivity index (χ1) is 6.68. The Kier molecular flexibility index (Phi) is 2.26. The zero-order valence-corrected chi connectivity index (χ0v) is 8.37. The van der Waals surface area contributed by atoms with Gasteiger partial charge >= 0.3 is 0 Å². The summed E-state index contributed by atoms with van der Waals surface area (Å²) in [5.74, 6) is 0.543. The summed E-state index contributed by atoms with van der Waals surface area (Å²) in [4.78, 5) is 5.19. The third-order valence-electron chi connectivity index (χ3n) is 1.52. The van der Waals surface area contributed by atoms with Crippen molar-refractivity contribution in [1.29, 1.82) is 0 Å². The normalized spacial score (nSPS) is 10.4.